The van der Waals surface area contributed by atoms with Crippen LogP contribution in [0.15, 0.2) is 12.1 Å². The van der Waals surface area contributed by atoms with Crippen molar-refractivity contribution >= 4 is 11.3 Å². The van der Waals surface area contributed by atoms with Crippen LogP contribution in [0.5, 0.6) is 0 Å². The molecule has 3 N–H and O–H groups in total. The number of unbranched alkanes of at least 4 members (excludes halogenated alkanes) is 5. The molecule has 0 saturated carbocycles. The van der Waals surface area contributed by atoms with E-state index < -0.39 is 5.54 Å². The van der Waals surface area contributed by atoms with E-state index in [9.17, 15) is 0 Å². The molecule has 0 amide bonds. The second-order valence-electron chi connectivity index (χ2n) is 6.04. The Morgan fingerprint density at radius 2 is 2.00 bits per heavy atom. The fourth-order valence-corrected chi connectivity index (χ4v) is 2.92. The molecule has 0 spiro atoms. The van der Waals surface area contributed by atoms with E-state index in [4.69, 9.17) is 10.8 Å². The zero-order chi connectivity index (χ0) is 15.6. The number of aryl methyl sites for hydroxylation is 1. The van der Waals surface area contributed by atoms with Crippen molar-refractivity contribution in [1.29, 1.82) is 0 Å². The summed E-state index contributed by atoms with van der Waals surface area (Å²) in [4.78, 5) is 2.44. The lowest BCUT2D eigenvalue weighted by molar-refractivity contribution is 0.201. The molecule has 0 radical (unpaired) electrons. The van der Waals surface area contributed by atoms with E-state index >= 15 is 0 Å². The van der Waals surface area contributed by atoms with E-state index in [-0.39, 0.29) is 6.61 Å². The molecular weight excluding hydrogens is 278 g/mol. The quantitative estimate of drug-likeness (QED) is 0.533. The fraction of sp³-hybridized carbons (Fsp3) is 0.667. The van der Waals surface area contributed by atoms with E-state index in [1.165, 1.54) is 37.0 Å². The Morgan fingerprint density at radius 3 is 2.71 bits per heavy atom. The van der Waals surface area contributed by atoms with Gasteiger partial charge in [-0.2, -0.15) is 0 Å². The molecule has 0 aliphatic heterocycles. The van der Waals surface area contributed by atoms with Gasteiger partial charge in [0.2, 0.25) is 0 Å². The predicted molar refractivity (Wildman–Crippen MR) is 92.6 cm³/mol. The molecule has 0 aliphatic carbocycles. The summed E-state index contributed by atoms with van der Waals surface area (Å²) in [5.41, 5.74) is 5.47. The minimum Gasteiger partial charge on any atom is -0.394 e. The van der Waals surface area contributed by atoms with Gasteiger partial charge in [-0.05, 0) is 38.3 Å². The number of aliphatic hydroxyl groups is 1. The third-order valence-electron chi connectivity index (χ3n) is 3.58. The first kappa shape index (κ1) is 18.2. The smallest absolute Gasteiger partial charge is 0.0771 e. The molecule has 0 fully saturated rings. The van der Waals surface area contributed by atoms with Crippen LogP contribution in [-0.4, -0.2) is 17.3 Å². The summed E-state index contributed by atoms with van der Waals surface area (Å²) in [6, 6.07) is 4.22. The number of aliphatic hydroxyl groups excluding tert-OH is 1. The summed E-state index contributed by atoms with van der Waals surface area (Å²) < 4.78 is 0. The SMILES string of the molecule is CCCCCCCC#Cc1ccc(CCC(C)(N)CO)s1. The lowest BCUT2D eigenvalue weighted by atomic mass is 9.98. The Hall–Kier alpha value is -0.820. The van der Waals surface area contributed by atoms with E-state index in [1.54, 1.807) is 11.3 Å². The number of rotatable bonds is 9. The van der Waals surface area contributed by atoms with Crippen LogP contribution in [0.1, 0.15) is 68.5 Å². The average Bonchev–Trinajstić information content (AvgIpc) is 2.92. The zero-order valence-corrected chi connectivity index (χ0v) is 14.3. The van der Waals surface area contributed by atoms with Crippen molar-refractivity contribution in [3.8, 4) is 11.8 Å². The summed E-state index contributed by atoms with van der Waals surface area (Å²) in [6.45, 7) is 4.16. The van der Waals surface area contributed by atoms with Gasteiger partial charge < -0.3 is 10.8 Å². The zero-order valence-electron chi connectivity index (χ0n) is 13.5. The molecule has 1 atom stereocenters. The van der Waals surface area contributed by atoms with Gasteiger partial charge in [0.25, 0.3) is 0 Å². The Bertz CT molecular complexity index is 453. The molecule has 0 saturated heterocycles. The summed E-state index contributed by atoms with van der Waals surface area (Å²) in [6.07, 6.45) is 9.21. The van der Waals surface area contributed by atoms with Crippen LogP contribution in [-0.2, 0) is 6.42 Å². The maximum Gasteiger partial charge on any atom is 0.0771 e. The van der Waals surface area contributed by atoms with Crippen LogP contribution in [0.3, 0.4) is 0 Å². The van der Waals surface area contributed by atoms with Crippen LogP contribution in [0.2, 0.25) is 0 Å². The molecule has 0 aromatic carbocycles. The first-order chi connectivity index (χ1) is 10.1. The number of nitrogens with two attached hydrogens (primary N) is 1. The fourth-order valence-electron chi connectivity index (χ4n) is 2.03. The normalized spacial score (nSPS) is 13.5. The molecule has 1 aromatic heterocycles. The third-order valence-corrected chi connectivity index (χ3v) is 4.64. The van der Waals surface area contributed by atoms with Gasteiger partial charge in [0.1, 0.15) is 0 Å². The van der Waals surface area contributed by atoms with Gasteiger partial charge in [0, 0.05) is 16.8 Å². The van der Waals surface area contributed by atoms with Gasteiger partial charge in [-0.25, -0.2) is 0 Å². The van der Waals surface area contributed by atoms with Crippen LogP contribution in [0.4, 0.5) is 0 Å². The minimum absolute atomic E-state index is 0.0308. The molecule has 1 heterocycles. The van der Waals surface area contributed by atoms with E-state index in [1.807, 2.05) is 6.92 Å². The summed E-state index contributed by atoms with van der Waals surface area (Å²) in [5.74, 6) is 6.53. The molecule has 1 aromatic rings. The molecule has 3 heteroatoms. The summed E-state index contributed by atoms with van der Waals surface area (Å²) >= 11 is 1.75. The molecular formula is C18H29NOS. The minimum atomic E-state index is -0.478. The van der Waals surface area contributed by atoms with Crippen molar-refractivity contribution in [2.45, 2.75) is 70.8 Å². The number of thiophene rings is 1. The van der Waals surface area contributed by atoms with Crippen molar-refractivity contribution < 1.29 is 5.11 Å². The lowest BCUT2D eigenvalue weighted by Gasteiger charge is -2.20. The molecule has 1 rings (SSSR count). The van der Waals surface area contributed by atoms with Gasteiger partial charge >= 0.3 is 0 Å². The highest BCUT2D eigenvalue weighted by molar-refractivity contribution is 7.12. The Balaban J connectivity index is 2.29. The monoisotopic (exact) mass is 307 g/mol. The van der Waals surface area contributed by atoms with E-state index in [0.717, 1.165) is 24.1 Å². The van der Waals surface area contributed by atoms with Crippen molar-refractivity contribution in [3.63, 3.8) is 0 Å². The molecule has 1 unspecified atom stereocenters. The standard InChI is InChI=1S/C18H29NOS/c1-3-4-5-6-7-8-9-10-16-11-12-17(21-16)13-14-18(2,19)15-20/h11-12,20H,3-8,13-15,19H2,1-2H3. The van der Waals surface area contributed by atoms with Gasteiger partial charge in [-0.15, -0.1) is 11.3 Å². The average molecular weight is 308 g/mol. The Morgan fingerprint density at radius 1 is 1.24 bits per heavy atom. The van der Waals surface area contributed by atoms with Gasteiger partial charge in [-0.1, -0.05) is 44.4 Å². The van der Waals surface area contributed by atoms with Gasteiger partial charge in [0.05, 0.1) is 11.5 Å². The second-order valence-corrected chi connectivity index (χ2v) is 7.21. The van der Waals surface area contributed by atoms with Crippen molar-refractivity contribution in [2.24, 2.45) is 5.73 Å². The van der Waals surface area contributed by atoms with Crippen LogP contribution >= 0.6 is 11.3 Å². The van der Waals surface area contributed by atoms with E-state index in [2.05, 4.69) is 30.9 Å². The van der Waals surface area contributed by atoms with Crippen LogP contribution < -0.4 is 5.73 Å². The molecule has 21 heavy (non-hydrogen) atoms. The maximum absolute atomic E-state index is 9.15. The third kappa shape index (κ3) is 8.26. The van der Waals surface area contributed by atoms with Crippen molar-refractivity contribution in [1.82, 2.24) is 0 Å². The molecule has 0 aliphatic rings. The predicted octanol–water partition coefficient (Wildman–Crippen LogP) is 4.10. The first-order valence-electron chi connectivity index (χ1n) is 8.05. The first-order valence-corrected chi connectivity index (χ1v) is 8.86. The summed E-state index contributed by atoms with van der Waals surface area (Å²) in [5, 5.41) is 9.15. The maximum atomic E-state index is 9.15. The number of hydrogen-bond acceptors (Lipinski definition) is 3. The molecule has 2 nitrogen and oxygen atoms in total. The lowest BCUT2D eigenvalue weighted by Crippen LogP contribution is -2.40. The van der Waals surface area contributed by atoms with Crippen molar-refractivity contribution in [3.05, 3.63) is 21.9 Å². The van der Waals surface area contributed by atoms with Crippen LogP contribution in [0.25, 0.3) is 0 Å². The Labute approximate surface area is 133 Å². The highest BCUT2D eigenvalue weighted by Gasteiger charge is 2.16. The molecule has 0 bridgehead atoms. The topological polar surface area (TPSA) is 46.2 Å². The summed E-state index contributed by atoms with van der Waals surface area (Å²) in [7, 11) is 0. The second kappa shape index (κ2) is 10.00. The Kier molecular flexibility index (Phi) is 8.68. The van der Waals surface area contributed by atoms with Gasteiger partial charge in [-0.3, -0.25) is 0 Å². The van der Waals surface area contributed by atoms with Crippen LogP contribution in [0, 0.1) is 11.8 Å². The largest absolute Gasteiger partial charge is 0.394 e. The number of hydrogen-bond donors (Lipinski definition) is 2. The van der Waals surface area contributed by atoms with Gasteiger partial charge in [0.15, 0.2) is 0 Å². The van der Waals surface area contributed by atoms with E-state index in [0.29, 0.717) is 0 Å². The highest BCUT2D eigenvalue weighted by atomic mass is 32.1. The highest BCUT2D eigenvalue weighted by Crippen LogP contribution is 2.19. The van der Waals surface area contributed by atoms with Crippen molar-refractivity contribution in [2.75, 3.05) is 6.61 Å². The molecule has 118 valence electrons.